The average Bonchev–Trinajstić information content (AvgIpc) is 2.66. The Morgan fingerprint density at radius 3 is 2.41 bits per heavy atom. The summed E-state index contributed by atoms with van der Waals surface area (Å²) in [6.07, 6.45) is 3.90. The van der Waals surface area contributed by atoms with Gasteiger partial charge < -0.3 is 9.47 Å². The van der Waals surface area contributed by atoms with E-state index in [2.05, 4.69) is 41.9 Å². The quantitative estimate of drug-likeness (QED) is 0.235. The highest BCUT2D eigenvalue weighted by Crippen LogP contribution is 2.31. The van der Waals surface area contributed by atoms with E-state index in [1.807, 2.05) is 18.2 Å². The summed E-state index contributed by atoms with van der Waals surface area (Å²) in [4.78, 5) is 10.6. The molecule has 6 heteroatoms. The van der Waals surface area contributed by atoms with Crippen molar-refractivity contribution in [1.29, 1.82) is 0 Å². The summed E-state index contributed by atoms with van der Waals surface area (Å²) in [5, 5.41) is 11.9. The van der Waals surface area contributed by atoms with Gasteiger partial charge in [-0.05, 0) is 40.3 Å². The van der Waals surface area contributed by atoms with E-state index < -0.39 is 4.92 Å². The summed E-state index contributed by atoms with van der Waals surface area (Å²) >= 11 is 3.57. The number of hydrogen-bond donors (Lipinski definition) is 0. The van der Waals surface area contributed by atoms with Crippen LogP contribution in [0, 0.1) is 10.1 Å². The number of hydrogen-bond acceptors (Lipinski definition) is 4. The van der Waals surface area contributed by atoms with Crippen molar-refractivity contribution in [1.82, 2.24) is 0 Å². The Labute approximate surface area is 168 Å². The molecule has 2 aromatic carbocycles. The topological polar surface area (TPSA) is 61.6 Å². The molecule has 5 nitrogen and oxygen atoms in total. The molecule has 0 amide bonds. The first-order valence-corrected chi connectivity index (χ1v) is 9.63. The molecule has 27 heavy (non-hydrogen) atoms. The molecular weight excluding hydrogens is 410 g/mol. The maximum atomic E-state index is 11.0. The Bertz CT molecular complexity index is 846. The molecule has 0 fully saturated rings. The van der Waals surface area contributed by atoms with Crippen LogP contribution in [0.1, 0.15) is 36.1 Å². The minimum Gasteiger partial charge on any atom is -0.496 e. The van der Waals surface area contributed by atoms with Gasteiger partial charge in [0, 0.05) is 30.1 Å². The Morgan fingerprint density at radius 2 is 1.81 bits per heavy atom. The fourth-order valence-corrected chi connectivity index (χ4v) is 3.01. The SMILES string of the molecule is COCc1cc([N+](=O)[O-])ccc1C=Cc1cc(C(C)(C)CBr)ccc1OC. The molecule has 0 aliphatic carbocycles. The number of methoxy groups -OCH3 is 2. The highest BCUT2D eigenvalue weighted by Gasteiger charge is 2.20. The summed E-state index contributed by atoms with van der Waals surface area (Å²) in [5.74, 6) is 0.774. The molecule has 0 aromatic heterocycles. The second kappa shape index (κ2) is 9.15. The number of non-ortho nitro benzene ring substituents is 1. The zero-order valence-corrected chi connectivity index (χ0v) is 17.6. The normalized spacial score (nSPS) is 11.7. The van der Waals surface area contributed by atoms with Crippen LogP contribution < -0.4 is 4.74 Å². The maximum absolute atomic E-state index is 11.0. The van der Waals surface area contributed by atoms with Gasteiger partial charge in [0.1, 0.15) is 5.75 Å². The van der Waals surface area contributed by atoms with Gasteiger partial charge in [-0.15, -0.1) is 0 Å². The molecule has 0 atom stereocenters. The van der Waals surface area contributed by atoms with Gasteiger partial charge in [0.2, 0.25) is 0 Å². The van der Waals surface area contributed by atoms with Crippen LogP contribution in [0.15, 0.2) is 36.4 Å². The minimum absolute atomic E-state index is 0.0105. The van der Waals surface area contributed by atoms with Gasteiger partial charge in [-0.2, -0.15) is 0 Å². The first-order chi connectivity index (χ1) is 12.8. The third kappa shape index (κ3) is 5.17. The van der Waals surface area contributed by atoms with Crippen molar-refractivity contribution in [3.05, 3.63) is 68.8 Å². The number of ether oxygens (including phenoxy) is 2. The molecule has 0 heterocycles. The lowest BCUT2D eigenvalue weighted by Gasteiger charge is -2.23. The van der Waals surface area contributed by atoms with E-state index >= 15 is 0 Å². The Balaban J connectivity index is 2.45. The van der Waals surface area contributed by atoms with Crippen LogP contribution in [0.25, 0.3) is 12.2 Å². The second-order valence-corrected chi connectivity index (χ2v) is 7.44. The van der Waals surface area contributed by atoms with E-state index in [4.69, 9.17) is 9.47 Å². The van der Waals surface area contributed by atoms with E-state index in [-0.39, 0.29) is 11.1 Å². The van der Waals surface area contributed by atoms with E-state index in [1.54, 1.807) is 26.4 Å². The fraction of sp³-hybridized carbons (Fsp3) is 0.333. The summed E-state index contributed by atoms with van der Waals surface area (Å²) in [6.45, 7) is 4.64. The summed E-state index contributed by atoms with van der Waals surface area (Å²) in [6, 6.07) is 10.9. The molecule has 0 saturated heterocycles. The van der Waals surface area contributed by atoms with Crippen molar-refractivity contribution in [2.24, 2.45) is 0 Å². The average molecular weight is 434 g/mol. The Kier molecular flexibility index (Phi) is 7.16. The van der Waals surface area contributed by atoms with Crippen LogP contribution >= 0.6 is 15.9 Å². The van der Waals surface area contributed by atoms with Crippen LogP contribution in [0.2, 0.25) is 0 Å². The van der Waals surface area contributed by atoms with Crippen LogP contribution in [-0.4, -0.2) is 24.5 Å². The second-order valence-electron chi connectivity index (χ2n) is 6.88. The number of halogens is 1. The monoisotopic (exact) mass is 433 g/mol. The lowest BCUT2D eigenvalue weighted by atomic mass is 9.86. The predicted octanol–water partition coefficient (Wildman–Crippen LogP) is 5.59. The standard InChI is InChI=1S/C21H24BrNO4/c1-21(2,14-22)18-8-10-20(27-4)16(11-18)6-5-15-7-9-19(23(24)25)12-17(15)13-26-3/h5-12H,13-14H2,1-4H3. The van der Waals surface area contributed by atoms with Crippen molar-refractivity contribution in [3.63, 3.8) is 0 Å². The Morgan fingerprint density at radius 1 is 1.11 bits per heavy atom. The molecule has 0 spiro atoms. The summed E-state index contributed by atoms with van der Waals surface area (Å²) < 4.78 is 10.7. The smallest absolute Gasteiger partial charge is 0.269 e. The molecule has 144 valence electrons. The minimum atomic E-state index is -0.401. The van der Waals surface area contributed by atoms with Crippen molar-refractivity contribution >= 4 is 33.8 Å². The first kappa shape index (κ1) is 21.1. The largest absolute Gasteiger partial charge is 0.496 e. The maximum Gasteiger partial charge on any atom is 0.269 e. The highest BCUT2D eigenvalue weighted by atomic mass is 79.9. The molecule has 0 radical (unpaired) electrons. The van der Waals surface area contributed by atoms with Crippen LogP contribution in [0.3, 0.4) is 0 Å². The molecule has 0 aliphatic rings. The molecule has 0 unspecified atom stereocenters. The third-order valence-electron chi connectivity index (χ3n) is 4.42. The lowest BCUT2D eigenvalue weighted by Crippen LogP contribution is -2.18. The highest BCUT2D eigenvalue weighted by molar-refractivity contribution is 9.09. The van der Waals surface area contributed by atoms with Crippen LogP contribution in [0.4, 0.5) is 5.69 Å². The molecule has 2 rings (SSSR count). The van der Waals surface area contributed by atoms with Crippen LogP contribution in [0.5, 0.6) is 5.75 Å². The van der Waals surface area contributed by atoms with E-state index in [0.717, 1.165) is 27.8 Å². The zero-order chi connectivity index (χ0) is 20.0. The van der Waals surface area contributed by atoms with E-state index in [9.17, 15) is 10.1 Å². The van der Waals surface area contributed by atoms with Gasteiger partial charge in [-0.25, -0.2) is 0 Å². The molecule has 0 saturated carbocycles. The van der Waals surface area contributed by atoms with Gasteiger partial charge in [-0.1, -0.05) is 48.0 Å². The van der Waals surface area contributed by atoms with E-state index in [1.165, 1.54) is 11.6 Å². The number of benzene rings is 2. The van der Waals surface area contributed by atoms with Gasteiger partial charge in [-0.3, -0.25) is 10.1 Å². The first-order valence-electron chi connectivity index (χ1n) is 8.51. The van der Waals surface area contributed by atoms with Gasteiger partial charge in [0.05, 0.1) is 18.6 Å². The third-order valence-corrected chi connectivity index (χ3v) is 5.83. The number of nitrogens with zero attached hydrogens (tertiary/aromatic N) is 1. The number of nitro groups is 1. The lowest BCUT2D eigenvalue weighted by molar-refractivity contribution is -0.384. The summed E-state index contributed by atoms with van der Waals surface area (Å²) in [7, 11) is 3.21. The van der Waals surface area contributed by atoms with Crippen molar-refractivity contribution in [2.45, 2.75) is 25.9 Å². The van der Waals surface area contributed by atoms with Crippen LogP contribution in [-0.2, 0) is 16.8 Å². The Hall–Kier alpha value is -2.18. The fourth-order valence-electron chi connectivity index (χ4n) is 2.69. The molecule has 0 N–H and O–H groups in total. The summed E-state index contributed by atoms with van der Waals surface area (Å²) in [5.41, 5.74) is 3.82. The molecule has 0 aliphatic heterocycles. The van der Waals surface area contributed by atoms with E-state index in [0.29, 0.717) is 6.61 Å². The number of alkyl halides is 1. The van der Waals surface area contributed by atoms with Crippen molar-refractivity contribution in [2.75, 3.05) is 19.5 Å². The number of rotatable bonds is 8. The van der Waals surface area contributed by atoms with Crippen molar-refractivity contribution < 1.29 is 14.4 Å². The molecular formula is C21H24BrNO4. The van der Waals surface area contributed by atoms with Crippen molar-refractivity contribution in [3.8, 4) is 5.75 Å². The van der Waals surface area contributed by atoms with Gasteiger partial charge >= 0.3 is 0 Å². The zero-order valence-electron chi connectivity index (χ0n) is 16.0. The molecule has 2 aromatic rings. The van der Waals surface area contributed by atoms with Gasteiger partial charge in [0.25, 0.3) is 5.69 Å². The number of nitro benzene ring substituents is 1. The molecule has 0 bridgehead atoms. The predicted molar refractivity (Wildman–Crippen MR) is 113 cm³/mol. The van der Waals surface area contributed by atoms with Gasteiger partial charge in [0.15, 0.2) is 0 Å².